The Morgan fingerprint density at radius 1 is 1.20 bits per heavy atom. The number of thioether (sulfide) groups is 1. The van der Waals surface area contributed by atoms with Crippen molar-refractivity contribution >= 4 is 40.3 Å². The molecular formula is C26H36N4O4S. The Labute approximate surface area is 211 Å². The van der Waals surface area contributed by atoms with Crippen LogP contribution in [-0.4, -0.2) is 90.0 Å². The lowest BCUT2D eigenvalue weighted by Crippen LogP contribution is -2.49. The number of likely N-dealkylation sites (N-methyl/N-ethyl adjacent to an activating group) is 1. The minimum atomic E-state index is -1.02. The number of hydrogen-bond donors (Lipinski definition) is 3. The molecule has 35 heavy (non-hydrogen) atoms. The van der Waals surface area contributed by atoms with Gasteiger partial charge in [0.2, 0.25) is 11.8 Å². The fourth-order valence-corrected chi connectivity index (χ4v) is 5.17. The number of carboxylic acid groups (broad SMARTS) is 1. The van der Waals surface area contributed by atoms with Crippen molar-refractivity contribution in [3.05, 3.63) is 48.0 Å². The van der Waals surface area contributed by atoms with Crippen molar-refractivity contribution in [3.63, 3.8) is 0 Å². The highest BCUT2D eigenvalue weighted by molar-refractivity contribution is 7.98. The molecule has 3 rings (SSSR count). The van der Waals surface area contributed by atoms with Gasteiger partial charge in [-0.15, -0.1) is 0 Å². The van der Waals surface area contributed by atoms with E-state index in [9.17, 15) is 19.5 Å². The van der Waals surface area contributed by atoms with Crippen LogP contribution in [0.5, 0.6) is 0 Å². The fraction of sp³-hybridized carbons (Fsp3) is 0.500. The Morgan fingerprint density at radius 3 is 2.71 bits per heavy atom. The predicted octanol–water partition coefficient (Wildman–Crippen LogP) is 2.17. The van der Waals surface area contributed by atoms with Crippen LogP contribution in [0.25, 0.3) is 10.8 Å². The average Bonchev–Trinajstić information content (AvgIpc) is 3.30. The Bertz CT molecular complexity index is 1010. The summed E-state index contributed by atoms with van der Waals surface area (Å²) in [4.78, 5) is 41.2. The summed E-state index contributed by atoms with van der Waals surface area (Å²) >= 11 is 1.55. The van der Waals surface area contributed by atoms with Gasteiger partial charge in [0.15, 0.2) is 0 Å². The zero-order chi connectivity index (χ0) is 25.2. The predicted molar refractivity (Wildman–Crippen MR) is 140 cm³/mol. The Kier molecular flexibility index (Phi) is 10.4. The molecule has 9 heteroatoms. The molecule has 0 bridgehead atoms. The molecule has 1 aliphatic rings. The number of carbonyl (C=O) groups is 3. The van der Waals surface area contributed by atoms with Gasteiger partial charge in [-0.2, -0.15) is 11.8 Å². The van der Waals surface area contributed by atoms with Gasteiger partial charge in [-0.25, -0.2) is 4.79 Å². The molecule has 1 aliphatic heterocycles. The third kappa shape index (κ3) is 7.68. The van der Waals surface area contributed by atoms with E-state index >= 15 is 0 Å². The monoisotopic (exact) mass is 500 g/mol. The minimum Gasteiger partial charge on any atom is -0.480 e. The molecule has 1 heterocycles. The molecule has 1 unspecified atom stereocenters. The maximum atomic E-state index is 13.0. The molecule has 1 saturated heterocycles. The van der Waals surface area contributed by atoms with E-state index in [0.717, 1.165) is 35.7 Å². The molecule has 0 saturated carbocycles. The first kappa shape index (κ1) is 27.0. The van der Waals surface area contributed by atoms with Crippen LogP contribution in [0.2, 0.25) is 0 Å². The van der Waals surface area contributed by atoms with Crippen molar-refractivity contribution in [3.8, 4) is 0 Å². The van der Waals surface area contributed by atoms with Gasteiger partial charge in [-0.3, -0.25) is 14.5 Å². The number of carboxylic acids is 1. The second-order valence-corrected chi connectivity index (χ2v) is 9.95. The van der Waals surface area contributed by atoms with Crippen molar-refractivity contribution in [1.29, 1.82) is 0 Å². The number of carbonyl (C=O) groups excluding carboxylic acids is 2. The highest BCUT2D eigenvalue weighted by atomic mass is 32.2. The van der Waals surface area contributed by atoms with Gasteiger partial charge in [0.25, 0.3) is 0 Å². The highest BCUT2D eigenvalue weighted by Gasteiger charge is 2.31. The van der Waals surface area contributed by atoms with Crippen molar-refractivity contribution in [1.82, 2.24) is 20.4 Å². The van der Waals surface area contributed by atoms with Crippen LogP contribution in [0.1, 0.15) is 24.8 Å². The van der Waals surface area contributed by atoms with E-state index in [2.05, 4.69) is 34.9 Å². The number of hydrogen-bond acceptors (Lipinski definition) is 6. The average molecular weight is 501 g/mol. The van der Waals surface area contributed by atoms with Crippen molar-refractivity contribution < 1.29 is 19.5 Å². The maximum Gasteiger partial charge on any atom is 0.326 e. The first-order valence-corrected chi connectivity index (χ1v) is 13.5. The van der Waals surface area contributed by atoms with Crippen LogP contribution in [0.4, 0.5) is 0 Å². The van der Waals surface area contributed by atoms with E-state index in [4.69, 9.17) is 0 Å². The van der Waals surface area contributed by atoms with Crippen molar-refractivity contribution in [2.45, 2.75) is 37.9 Å². The van der Waals surface area contributed by atoms with E-state index in [0.29, 0.717) is 25.3 Å². The summed E-state index contributed by atoms with van der Waals surface area (Å²) in [6.07, 6.45) is 4.11. The van der Waals surface area contributed by atoms with Gasteiger partial charge < -0.3 is 20.6 Å². The highest BCUT2D eigenvalue weighted by Crippen LogP contribution is 2.23. The Hall–Kier alpha value is -2.62. The van der Waals surface area contributed by atoms with Gasteiger partial charge in [-0.1, -0.05) is 42.5 Å². The van der Waals surface area contributed by atoms with Crippen LogP contribution < -0.4 is 10.6 Å². The van der Waals surface area contributed by atoms with Gasteiger partial charge in [0.1, 0.15) is 6.04 Å². The lowest BCUT2D eigenvalue weighted by Gasteiger charge is -2.31. The molecule has 2 amide bonds. The molecule has 2 aromatic carbocycles. The third-order valence-corrected chi connectivity index (χ3v) is 7.02. The summed E-state index contributed by atoms with van der Waals surface area (Å²) < 4.78 is 0. The van der Waals surface area contributed by atoms with Crippen molar-refractivity contribution in [2.24, 2.45) is 0 Å². The second-order valence-electron chi connectivity index (χ2n) is 8.96. The van der Waals surface area contributed by atoms with Crippen LogP contribution in [0.3, 0.4) is 0 Å². The van der Waals surface area contributed by atoms with Gasteiger partial charge >= 0.3 is 5.97 Å². The summed E-state index contributed by atoms with van der Waals surface area (Å²) in [5.41, 5.74) is 1.10. The van der Waals surface area contributed by atoms with E-state index in [-0.39, 0.29) is 30.9 Å². The topological polar surface area (TPSA) is 102 Å². The molecule has 8 nitrogen and oxygen atoms in total. The zero-order valence-corrected chi connectivity index (χ0v) is 21.4. The van der Waals surface area contributed by atoms with E-state index < -0.39 is 12.0 Å². The SMILES string of the molecule is CNCC(=O)N1CCC[C@H]1CN(CC(=O)NC(CCSC)C(=O)O)Cc1cccc2ccccc12. The Balaban J connectivity index is 1.79. The number of aliphatic carboxylic acids is 1. The molecule has 0 radical (unpaired) electrons. The summed E-state index contributed by atoms with van der Waals surface area (Å²) in [5.74, 6) is -0.619. The van der Waals surface area contributed by atoms with Crippen LogP contribution in [-0.2, 0) is 20.9 Å². The normalized spacial score (nSPS) is 16.5. The molecule has 0 spiro atoms. The first-order valence-electron chi connectivity index (χ1n) is 12.1. The minimum absolute atomic E-state index is 0.0189. The number of likely N-dealkylation sites (tertiary alicyclic amines) is 1. The molecular weight excluding hydrogens is 464 g/mol. The van der Waals surface area contributed by atoms with Crippen LogP contribution in [0.15, 0.2) is 42.5 Å². The molecule has 2 aromatic rings. The van der Waals surface area contributed by atoms with Gasteiger partial charge in [0, 0.05) is 25.7 Å². The van der Waals surface area contributed by atoms with Gasteiger partial charge in [-0.05, 0) is 54.7 Å². The van der Waals surface area contributed by atoms with Crippen LogP contribution in [0, 0.1) is 0 Å². The lowest BCUT2D eigenvalue weighted by atomic mass is 10.0. The summed E-state index contributed by atoms with van der Waals surface area (Å²) in [7, 11) is 1.76. The lowest BCUT2D eigenvalue weighted by molar-refractivity contribution is -0.142. The third-order valence-electron chi connectivity index (χ3n) is 6.38. The smallest absolute Gasteiger partial charge is 0.326 e. The standard InChI is InChI=1S/C26H36N4O4S/c1-27-15-25(32)30-13-6-10-21(30)17-29(18-24(31)28-23(26(33)34)12-14-35-2)16-20-9-5-8-19-7-3-4-11-22(19)20/h3-5,7-9,11,21,23,27H,6,10,12-18H2,1-2H3,(H,28,31)(H,33,34)/t21-,23?/m0/s1. The van der Waals surface area contributed by atoms with Gasteiger partial charge in [0.05, 0.1) is 13.1 Å². The fourth-order valence-electron chi connectivity index (χ4n) is 4.70. The van der Waals surface area contributed by atoms with E-state index in [1.807, 2.05) is 34.3 Å². The van der Waals surface area contributed by atoms with Crippen LogP contribution >= 0.6 is 11.8 Å². The molecule has 0 aliphatic carbocycles. The maximum absolute atomic E-state index is 13.0. The quantitative estimate of drug-likeness (QED) is 0.387. The number of rotatable bonds is 13. The molecule has 1 fully saturated rings. The molecule has 2 atom stereocenters. The summed E-state index contributed by atoms with van der Waals surface area (Å²) in [5, 5.41) is 17.4. The van der Waals surface area contributed by atoms with E-state index in [1.54, 1.807) is 18.8 Å². The van der Waals surface area contributed by atoms with Crippen molar-refractivity contribution in [2.75, 3.05) is 45.2 Å². The number of benzene rings is 2. The Morgan fingerprint density at radius 2 is 1.97 bits per heavy atom. The first-order chi connectivity index (χ1) is 16.9. The number of fused-ring (bicyclic) bond motifs is 1. The largest absolute Gasteiger partial charge is 0.480 e. The summed E-state index contributed by atoms with van der Waals surface area (Å²) in [6.45, 7) is 2.15. The number of amides is 2. The zero-order valence-electron chi connectivity index (χ0n) is 20.5. The second kappa shape index (κ2) is 13.5. The molecule has 0 aromatic heterocycles. The number of nitrogens with one attached hydrogen (secondary N) is 2. The van der Waals surface area contributed by atoms with E-state index in [1.165, 1.54) is 0 Å². The molecule has 3 N–H and O–H groups in total. The number of nitrogens with zero attached hydrogens (tertiary/aromatic N) is 2. The summed E-state index contributed by atoms with van der Waals surface area (Å²) in [6, 6.07) is 13.4. The molecule has 190 valence electrons.